The van der Waals surface area contributed by atoms with Crippen molar-refractivity contribution in [1.29, 1.82) is 0 Å². The molecule has 0 aliphatic rings. The molecule has 1 atom stereocenters. The lowest BCUT2D eigenvalue weighted by Gasteiger charge is -2.14. The standard InChI is InChI=1S/C12H17NO2S/c1-3-14-8-9(2)15-11-6-4-10(5-7-11)12(13)16/h4-7,9H,3,8H2,1-2H3,(H2,13,16). The Labute approximate surface area is 102 Å². The Morgan fingerprint density at radius 2 is 2.00 bits per heavy atom. The van der Waals surface area contributed by atoms with Crippen LogP contribution in [0.2, 0.25) is 0 Å². The van der Waals surface area contributed by atoms with E-state index >= 15 is 0 Å². The molecule has 0 amide bonds. The van der Waals surface area contributed by atoms with Gasteiger partial charge in [0.25, 0.3) is 0 Å². The van der Waals surface area contributed by atoms with Crippen molar-refractivity contribution in [2.24, 2.45) is 5.73 Å². The molecule has 1 aromatic rings. The van der Waals surface area contributed by atoms with Gasteiger partial charge >= 0.3 is 0 Å². The van der Waals surface area contributed by atoms with Gasteiger partial charge in [-0.25, -0.2) is 0 Å². The van der Waals surface area contributed by atoms with Gasteiger partial charge < -0.3 is 15.2 Å². The molecule has 4 heteroatoms. The first-order chi connectivity index (χ1) is 7.63. The molecule has 0 spiro atoms. The molecule has 0 saturated carbocycles. The van der Waals surface area contributed by atoms with Gasteiger partial charge in [0.1, 0.15) is 16.8 Å². The lowest BCUT2D eigenvalue weighted by atomic mass is 10.2. The van der Waals surface area contributed by atoms with Crippen molar-refractivity contribution in [2.75, 3.05) is 13.2 Å². The van der Waals surface area contributed by atoms with Gasteiger partial charge in [-0.3, -0.25) is 0 Å². The highest BCUT2D eigenvalue weighted by Crippen LogP contribution is 2.13. The fraction of sp³-hybridized carbons (Fsp3) is 0.417. The Morgan fingerprint density at radius 1 is 1.38 bits per heavy atom. The maximum atomic E-state index is 5.64. The zero-order valence-corrected chi connectivity index (χ0v) is 10.4. The summed E-state index contributed by atoms with van der Waals surface area (Å²) in [4.78, 5) is 0.397. The van der Waals surface area contributed by atoms with Gasteiger partial charge in [-0.05, 0) is 38.1 Å². The Morgan fingerprint density at radius 3 is 2.50 bits per heavy atom. The molecule has 0 bridgehead atoms. The van der Waals surface area contributed by atoms with Crippen LogP contribution in [0.25, 0.3) is 0 Å². The second-order valence-corrected chi connectivity index (χ2v) is 3.92. The maximum Gasteiger partial charge on any atom is 0.119 e. The first kappa shape index (κ1) is 12.9. The Hall–Kier alpha value is -1.13. The number of rotatable bonds is 6. The average molecular weight is 239 g/mol. The molecule has 16 heavy (non-hydrogen) atoms. The quantitative estimate of drug-likeness (QED) is 0.772. The predicted octanol–water partition coefficient (Wildman–Crippen LogP) is 2.12. The predicted molar refractivity (Wildman–Crippen MR) is 68.9 cm³/mol. The summed E-state index contributed by atoms with van der Waals surface area (Å²) in [6.07, 6.45) is 0.0376. The van der Waals surface area contributed by atoms with Gasteiger partial charge in [-0.15, -0.1) is 0 Å². The molecule has 1 unspecified atom stereocenters. The fourth-order valence-electron chi connectivity index (χ4n) is 1.25. The van der Waals surface area contributed by atoms with Crippen LogP contribution in [0, 0.1) is 0 Å². The summed E-state index contributed by atoms with van der Waals surface area (Å²) >= 11 is 4.87. The van der Waals surface area contributed by atoms with Crippen LogP contribution < -0.4 is 10.5 Å². The molecule has 88 valence electrons. The Balaban J connectivity index is 2.51. The summed E-state index contributed by atoms with van der Waals surface area (Å²) in [6, 6.07) is 7.42. The van der Waals surface area contributed by atoms with E-state index in [9.17, 15) is 0 Å². The van der Waals surface area contributed by atoms with Gasteiger partial charge in [0.15, 0.2) is 0 Å². The number of nitrogens with two attached hydrogens (primary N) is 1. The molecule has 0 aromatic heterocycles. The molecular formula is C12H17NO2S. The van der Waals surface area contributed by atoms with Crippen LogP contribution >= 0.6 is 12.2 Å². The second-order valence-electron chi connectivity index (χ2n) is 3.48. The molecule has 2 N–H and O–H groups in total. The molecule has 0 saturated heterocycles. The minimum Gasteiger partial charge on any atom is -0.488 e. The van der Waals surface area contributed by atoms with Gasteiger partial charge in [-0.2, -0.15) is 0 Å². The van der Waals surface area contributed by atoms with Crippen LogP contribution in [0.5, 0.6) is 5.75 Å². The van der Waals surface area contributed by atoms with E-state index in [0.29, 0.717) is 18.2 Å². The average Bonchev–Trinajstić information content (AvgIpc) is 2.27. The van der Waals surface area contributed by atoms with Crippen LogP contribution in [-0.4, -0.2) is 24.3 Å². The summed E-state index contributed by atoms with van der Waals surface area (Å²) in [7, 11) is 0. The second kappa shape index (κ2) is 6.45. The molecule has 0 aliphatic heterocycles. The van der Waals surface area contributed by atoms with E-state index in [-0.39, 0.29) is 6.10 Å². The third-order valence-corrected chi connectivity index (χ3v) is 2.27. The maximum absolute atomic E-state index is 5.64. The molecular weight excluding hydrogens is 222 g/mol. The SMILES string of the molecule is CCOCC(C)Oc1ccc(C(N)=S)cc1. The topological polar surface area (TPSA) is 44.5 Å². The summed E-state index contributed by atoms with van der Waals surface area (Å²) in [6.45, 7) is 5.22. The number of hydrogen-bond acceptors (Lipinski definition) is 3. The van der Waals surface area contributed by atoms with Gasteiger partial charge in [0, 0.05) is 12.2 Å². The van der Waals surface area contributed by atoms with Crippen molar-refractivity contribution in [3.63, 3.8) is 0 Å². The number of hydrogen-bond donors (Lipinski definition) is 1. The largest absolute Gasteiger partial charge is 0.488 e. The van der Waals surface area contributed by atoms with E-state index in [2.05, 4.69) is 0 Å². The van der Waals surface area contributed by atoms with Crippen LogP contribution in [0.4, 0.5) is 0 Å². The van der Waals surface area contributed by atoms with Crippen molar-refractivity contribution in [3.05, 3.63) is 29.8 Å². The number of thiocarbonyl (C=S) groups is 1. The summed E-state index contributed by atoms with van der Waals surface area (Å²) in [5.74, 6) is 0.798. The first-order valence-electron chi connectivity index (χ1n) is 5.27. The van der Waals surface area contributed by atoms with E-state index in [1.807, 2.05) is 38.1 Å². The molecule has 0 aliphatic carbocycles. The third-order valence-electron chi connectivity index (χ3n) is 2.03. The van der Waals surface area contributed by atoms with Crippen LogP contribution in [0.1, 0.15) is 19.4 Å². The smallest absolute Gasteiger partial charge is 0.119 e. The minimum atomic E-state index is 0.0376. The summed E-state index contributed by atoms with van der Waals surface area (Å²) < 4.78 is 10.9. The van der Waals surface area contributed by atoms with Crippen molar-refractivity contribution in [1.82, 2.24) is 0 Å². The minimum absolute atomic E-state index is 0.0376. The highest BCUT2D eigenvalue weighted by molar-refractivity contribution is 7.80. The van der Waals surface area contributed by atoms with Crippen molar-refractivity contribution in [3.8, 4) is 5.75 Å². The monoisotopic (exact) mass is 239 g/mol. The van der Waals surface area contributed by atoms with E-state index in [1.54, 1.807) is 0 Å². The van der Waals surface area contributed by atoms with Gasteiger partial charge in [-0.1, -0.05) is 12.2 Å². The molecule has 1 rings (SSSR count). The third kappa shape index (κ3) is 4.16. The van der Waals surface area contributed by atoms with E-state index < -0.39 is 0 Å². The molecule has 0 radical (unpaired) electrons. The lowest BCUT2D eigenvalue weighted by molar-refractivity contribution is 0.0657. The Bertz CT molecular complexity index is 337. The van der Waals surface area contributed by atoms with Crippen LogP contribution in [-0.2, 0) is 4.74 Å². The van der Waals surface area contributed by atoms with E-state index in [4.69, 9.17) is 27.4 Å². The normalized spacial score (nSPS) is 12.1. The van der Waals surface area contributed by atoms with Crippen molar-refractivity contribution >= 4 is 17.2 Å². The van der Waals surface area contributed by atoms with Crippen LogP contribution in [0.15, 0.2) is 24.3 Å². The highest BCUT2D eigenvalue weighted by atomic mass is 32.1. The van der Waals surface area contributed by atoms with E-state index in [1.165, 1.54) is 0 Å². The van der Waals surface area contributed by atoms with Crippen molar-refractivity contribution < 1.29 is 9.47 Å². The number of ether oxygens (including phenoxy) is 2. The molecule has 0 fully saturated rings. The Kier molecular flexibility index (Phi) is 5.22. The van der Waals surface area contributed by atoms with Crippen molar-refractivity contribution in [2.45, 2.75) is 20.0 Å². The number of benzene rings is 1. The summed E-state index contributed by atoms with van der Waals surface area (Å²) in [5.41, 5.74) is 6.35. The first-order valence-corrected chi connectivity index (χ1v) is 5.68. The fourth-order valence-corrected chi connectivity index (χ4v) is 1.38. The zero-order chi connectivity index (χ0) is 12.0. The zero-order valence-electron chi connectivity index (χ0n) is 9.60. The molecule has 0 heterocycles. The van der Waals surface area contributed by atoms with Gasteiger partial charge in [0.05, 0.1) is 6.61 Å². The molecule has 1 aromatic carbocycles. The van der Waals surface area contributed by atoms with Crippen LogP contribution in [0.3, 0.4) is 0 Å². The summed E-state index contributed by atoms with van der Waals surface area (Å²) in [5, 5.41) is 0. The highest BCUT2D eigenvalue weighted by Gasteiger charge is 2.04. The van der Waals surface area contributed by atoms with Gasteiger partial charge in [0.2, 0.25) is 0 Å². The lowest BCUT2D eigenvalue weighted by Crippen LogP contribution is -2.19. The van der Waals surface area contributed by atoms with E-state index in [0.717, 1.165) is 11.3 Å². The molecule has 3 nitrogen and oxygen atoms in total.